The largest absolute Gasteiger partial charge is 0.309 e. The minimum Gasteiger partial charge on any atom is -0.309 e. The van der Waals surface area contributed by atoms with E-state index < -0.39 is 0 Å². The van der Waals surface area contributed by atoms with Crippen LogP contribution in [0.2, 0.25) is 0 Å². The highest BCUT2D eigenvalue weighted by Crippen LogP contribution is 2.57. The fourth-order valence-electron chi connectivity index (χ4n) is 3.77. The van der Waals surface area contributed by atoms with Crippen molar-refractivity contribution in [3.05, 3.63) is 18.0 Å². The van der Waals surface area contributed by atoms with Gasteiger partial charge in [-0.15, -0.1) is 0 Å². The van der Waals surface area contributed by atoms with Crippen molar-refractivity contribution >= 4 is 0 Å². The summed E-state index contributed by atoms with van der Waals surface area (Å²) in [5.41, 5.74) is 1.41. The fourth-order valence-corrected chi connectivity index (χ4v) is 3.77. The van der Waals surface area contributed by atoms with Gasteiger partial charge in [0.1, 0.15) is 0 Å². The first-order valence-electron chi connectivity index (χ1n) is 7.58. The molecule has 0 amide bonds. The molecule has 1 aromatic heterocycles. The Morgan fingerprint density at radius 1 is 1.33 bits per heavy atom. The van der Waals surface area contributed by atoms with Crippen molar-refractivity contribution in [3.63, 3.8) is 0 Å². The Labute approximate surface area is 110 Å². The zero-order valence-corrected chi connectivity index (χ0v) is 11.6. The number of hydrogen-bond acceptors (Lipinski definition) is 2. The molecule has 3 nitrogen and oxygen atoms in total. The predicted octanol–water partition coefficient (Wildman–Crippen LogP) is 2.99. The zero-order chi connectivity index (χ0) is 12.5. The van der Waals surface area contributed by atoms with Crippen molar-refractivity contribution in [2.24, 2.45) is 17.8 Å². The molecule has 1 N–H and O–H groups in total. The average molecular weight is 247 g/mol. The van der Waals surface area contributed by atoms with Crippen LogP contribution in [-0.4, -0.2) is 16.3 Å². The van der Waals surface area contributed by atoms with E-state index in [1.165, 1.54) is 25.0 Å². The molecule has 2 aliphatic rings. The first kappa shape index (κ1) is 12.2. The molecule has 3 heteroatoms. The molecular formula is C15H25N3. The number of fused-ring (bicyclic) bond motifs is 1. The SMILES string of the molecule is CCCn1nccc1C(NCC)C1CC2CC2C1. The maximum absolute atomic E-state index is 4.49. The van der Waals surface area contributed by atoms with Gasteiger partial charge in [0.25, 0.3) is 0 Å². The van der Waals surface area contributed by atoms with E-state index in [1.54, 1.807) is 0 Å². The van der Waals surface area contributed by atoms with Gasteiger partial charge >= 0.3 is 0 Å². The Bertz CT molecular complexity index is 388. The first-order valence-corrected chi connectivity index (χ1v) is 7.58. The topological polar surface area (TPSA) is 29.9 Å². The summed E-state index contributed by atoms with van der Waals surface area (Å²) in [6.45, 7) is 6.53. The third-order valence-corrected chi connectivity index (χ3v) is 4.68. The molecule has 1 aromatic rings. The number of nitrogens with zero attached hydrogens (tertiary/aromatic N) is 2. The minimum absolute atomic E-state index is 0.525. The van der Waals surface area contributed by atoms with Crippen LogP contribution in [0.5, 0.6) is 0 Å². The molecule has 0 saturated heterocycles. The van der Waals surface area contributed by atoms with Gasteiger partial charge in [-0.2, -0.15) is 5.10 Å². The maximum atomic E-state index is 4.49. The van der Waals surface area contributed by atoms with Gasteiger partial charge in [0, 0.05) is 12.7 Å². The molecule has 0 aromatic carbocycles. The van der Waals surface area contributed by atoms with Gasteiger partial charge < -0.3 is 5.32 Å². The van der Waals surface area contributed by atoms with Crippen molar-refractivity contribution in [1.29, 1.82) is 0 Å². The Hall–Kier alpha value is -0.830. The molecule has 100 valence electrons. The van der Waals surface area contributed by atoms with E-state index in [0.717, 1.165) is 37.3 Å². The predicted molar refractivity (Wildman–Crippen MR) is 73.3 cm³/mol. The van der Waals surface area contributed by atoms with Crippen LogP contribution in [0.1, 0.15) is 51.3 Å². The van der Waals surface area contributed by atoms with Crippen molar-refractivity contribution in [3.8, 4) is 0 Å². The summed E-state index contributed by atoms with van der Waals surface area (Å²) >= 11 is 0. The molecule has 3 rings (SSSR count). The van der Waals surface area contributed by atoms with Gasteiger partial charge in [0.05, 0.1) is 11.7 Å². The average Bonchev–Trinajstić information content (AvgIpc) is 2.78. The zero-order valence-electron chi connectivity index (χ0n) is 11.6. The molecule has 0 aliphatic heterocycles. The van der Waals surface area contributed by atoms with Gasteiger partial charge in [0.2, 0.25) is 0 Å². The van der Waals surface area contributed by atoms with E-state index in [2.05, 4.69) is 35.0 Å². The lowest BCUT2D eigenvalue weighted by Crippen LogP contribution is -2.30. The Morgan fingerprint density at radius 2 is 2.11 bits per heavy atom. The Balaban J connectivity index is 1.77. The van der Waals surface area contributed by atoms with Crippen molar-refractivity contribution in [2.45, 2.75) is 52.1 Å². The molecule has 3 unspecified atom stereocenters. The molecule has 3 atom stereocenters. The summed E-state index contributed by atoms with van der Waals surface area (Å²) in [5, 5.41) is 8.19. The molecule has 0 radical (unpaired) electrons. The van der Waals surface area contributed by atoms with Crippen LogP contribution in [-0.2, 0) is 6.54 Å². The molecule has 18 heavy (non-hydrogen) atoms. The molecular weight excluding hydrogens is 222 g/mol. The van der Waals surface area contributed by atoms with Crippen LogP contribution in [0.4, 0.5) is 0 Å². The number of rotatable bonds is 6. The van der Waals surface area contributed by atoms with Crippen LogP contribution < -0.4 is 5.32 Å². The first-order chi connectivity index (χ1) is 8.83. The van der Waals surface area contributed by atoms with Crippen LogP contribution >= 0.6 is 0 Å². The van der Waals surface area contributed by atoms with E-state index in [1.807, 2.05) is 6.20 Å². The lowest BCUT2D eigenvalue weighted by molar-refractivity contribution is 0.326. The normalized spacial score (nSPS) is 31.3. The van der Waals surface area contributed by atoms with Gasteiger partial charge in [-0.1, -0.05) is 13.8 Å². The Morgan fingerprint density at radius 3 is 2.78 bits per heavy atom. The van der Waals surface area contributed by atoms with Gasteiger partial charge in [0.15, 0.2) is 0 Å². The summed E-state index contributed by atoms with van der Waals surface area (Å²) in [6.07, 6.45) is 7.48. The summed E-state index contributed by atoms with van der Waals surface area (Å²) in [6, 6.07) is 2.74. The van der Waals surface area contributed by atoms with E-state index in [9.17, 15) is 0 Å². The van der Waals surface area contributed by atoms with Crippen LogP contribution in [0, 0.1) is 17.8 Å². The lowest BCUT2D eigenvalue weighted by atomic mass is 9.92. The third kappa shape index (κ3) is 2.20. The second-order valence-electron chi connectivity index (χ2n) is 6.00. The lowest BCUT2D eigenvalue weighted by Gasteiger charge is -2.26. The number of aryl methyl sites for hydroxylation is 1. The van der Waals surface area contributed by atoms with Gasteiger partial charge in [-0.25, -0.2) is 0 Å². The molecule has 2 aliphatic carbocycles. The van der Waals surface area contributed by atoms with E-state index in [0.29, 0.717) is 6.04 Å². The monoisotopic (exact) mass is 247 g/mol. The standard InChI is InChI=1S/C15H25N3/c1-3-7-18-14(5-6-17-18)15(16-4-2)13-9-11-8-12(11)10-13/h5-6,11-13,15-16H,3-4,7-10H2,1-2H3. The highest BCUT2D eigenvalue weighted by atomic mass is 15.3. The minimum atomic E-state index is 0.525. The maximum Gasteiger partial charge on any atom is 0.0556 e. The van der Waals surface area contributed by atoms with Gasteiger partial charge in [-0.05, 0) is 56.0 Å². The fraction of sp³-hybridized carbons (Fsp3) is 0.800. The molecule has 0 spiro atoms. The van der Waals surface area contributed by atoms with Crippen LogP contribution in [0.25, 0.3) is 0 Å². The molecule has 0 bridgehead atoms. The highest BCUT2D eigenvalue weighted by molar-refractivity contribution is 5.12. The van der Waals surface area contributed by atoms with Crippen LogP contribution in [0.3, 0.4) is 0 Å². The summed E-state index contributed by atoms with van der Waals surface area (Å²) < 4.78 is 2.21. The number of nitrogens with one attached hydrogen (secondary N) is 1. The number of hydrogen-bond donors (Lipinski definition) is 1. The van der Waals surface area contributed by atoms with Crippen LogP contribution in [0.15, 0.2) is 12.3 Å². The summed E-state index contributed by atoms with van der Waals surface area (Å²) in [7, 11) is 0. The van der Waals surface area contributed by atoms with Crippen molar-refractivity contribution in [1.82, 2.24) is 15.1 Å². The van der Waals surface area contributed by atoms with Gasteiger partial charge in [-0.3, -0.25) is 4.68 Å². The van der Waals surface area contributed by atoms with Crippen molar-refractivity contribution < 1.29 is 0 Å². The third-order valence-electron chi connectivity index (χ3n) is 4.68. The second-order valence-corrected chi connectivity index (χ2v) is 6.00. The van der Waals surface area contributed by atoms with E-state index >= 15 is 0 Å². The van der Waals surface area contributed by atoms with E-state index in [-0.39, 0.29) is 0 Å². The molecule has 2 fully saturated rings. The highest BCUT2D eigenvalue weighted by Gasteiger charge is 2.48. The smallest absolute Gasteiger partial charge is 0.0556 e. The molecule has 2 saturated carbocycles. The quantitative estimate of drug-likeness (QED) is 0.837. The van der Waals surface area contributed by atoms with E-state index in [4.69, 9.17) is 0 Å². The second kappa shape index (κ2) is 5.04. The summed E-state index contributed by atoms with van der Waals surface area (Å²) in [5.74, 6) is 2.94. The molecule has 1 heterocycles. The number of aromatic nitrogens is 2. The van der Waals surface area contributed by atoms with Crippen molar-refractivity contribution in [2.75, 3.05) is 6.54 Å². The Kier molecular flexibility index (Phi) is 3.42. The summed E-state index contributed by atoms with van der Waals surface area (Å²) in [4.78, 5) is 0.